The van der Waals surface area contributed by atoms with Crippen molar-refractivity contribution < 1.29 is 9.26 Å². The van der Waals surface area contributed by atoms with E-state index in [0.717, 1.165) is 23.6 Å². The van der Waals surface area contributed by atoms with Crippen LogP contribution in [0.25, 0.3) is 11.4 Å². The maximum absolute atomic E-state index is 5.46. The van der Waals surface area contributed by atoms with E-state index in [0.29, 0.717) is 23.8 Å². The van der Waals surface area contributed by atoms with Gasteiger partial charge in [-0.1, -0.05) is 5.16 Å². The third-order valence-electron chi connectivity index (χ3n) is 4.85. The summed E-state index contributed by atoms with van der Waals surface area (Å²) in [5.74, 6) is 2.92. The SMILES string of the molecule is COc1ccc(-c2noc(CC3CC4CCC(C3)N4)n2)cc1. The van der Waals surface area contributed by atoms with Gasteiger partial charge in [-0.05, 0) is 55.9 Å². The van der Waals surface area contributed by atoms with Crippen molar-refractivity contribution in [2.45, 2.75) is 44.2 Å². The number of hydrogen-bond donors (Lipinski definition) is 1. The number of aromatic nitrogens is 2. The molecule has 0 spiro atoms. The summed E-state index contributed by atoms with van der Waals surface area (Å²) in [6.07, 6.45) is 6.01. The predicted molar refractivity (Wildman–Crippen MR) is 82.7 cm³/mol. The summed E-state index contributed by atoms with van der Waals surface area (Å²) >= 11 is 0. The van der Waals surface area contributed by atoms with E-state index in [1.165, 1.54) is 25.7 Å². The Morgan fingerprint density at radius 2 is 1.91 bits per heavy atom. The number of benzene rings is 1. The Labute approximate surface area is 130 Å². The molecule has 2 bridgehead atoms. The highest BCUT2D eigenvalue weighted by atomic mass is 16.5. The van der Waals surface area contributed by atoms with Crippen molar-refractivity contribution in [1.82, 2.24) is 15.5 Å². The van der Waals surface area contributed by atoms with Gasteiger partial charge in [0.05, 0.1) is 7.11 Å². The zero-order chi connectivity index (χ0) is 14.9. The van der Waals surface area contributed by atoms with Crippen molar-refractivity contribution in [2.75, 3.05) is 7.11 Å². The van der Waals surface area contributed by atoms with Crippen molar-refractivity contribution in [2.24, 2.45) is 5.92 Å². The van der Waals surface area contributed by atoms with Gasteiger partial charge in [0.2, 0.25) is 11.7 Å². The maximum atomic E-state index is 5.46. The molecule has 1 N–H and O–H groups in total. The first-order valence-corrected chi connectivity index (χ1v) is 8.03. The largest absolute Gasteiger partial charge is 0.497 e. The molecule has 0 amide bonds. The number of rotatable bonds is 4. The highest BCUT2D eigenvalue weighted by Crippen LogP contribution is 2.32. The average molecular weight is 299 g/mol. The zero-order valence-electron chi connectivity index (χ0n) is 12.8. The lowest BCUT2D eigenvalue weighted by atomic mass is 9.90. The molecule has 2 aliphatic heterocycles. The molecule has 2 aliphatic rings. The van der Waals surface area contributed by atoms with Gasteiger partial charge in [-0.2, -0.15) is 4.98 Å². The van der Waals surface area contributed by atoms with Crippen LogP contribution in [-0.2, 0) is 6.42 Å². The summed E-state index contributed by atoms with van der Waals surface area (Å²) in [4.78, 5) is 4.56. The van der Waals surface area contributed by atoms with Gasteiger partial charge in [0.25, 0.3) is 0 Å². The van der Waals surface area contributed by atoms with E-state index in [2.05, 4.69) is 15.5 Å². The van der Waals surface area contributed by atoms with Crippen LogP contribution in [0.5, 0.6) is 5.75 Å². The van der Waals surface area contributed by atoms with E-state index in [1.807, 2.05) is 24.3 Å². The normalized spacial score (nSPS) is 27.0. The molecule has 3 heterocycles. The Balaban J connectivity index is 1.44. The fourth-order valence-corrected chi connectivity index (χ4v) is 3.78. The molecule has 1 aromatic heterocycles. The first kappa shape index (κ1) is 13.8. The van der Waals surface area contributed by atoms with Gasteiger partial charge < -0.3 is 14.6 Å². The third-order valence-corrected chi connectivity index (χ3v) is 4.85. The van der Waals surface area contributed by atoms with Crippen molar-refractivity contribution >= 4 is 0 Å². The minimum absolute atomic E-state index is 0.662. The number of piperidine rings is 1. The lowest BCUT2D eigenvalue weighted by Crippen LogP contribution is -2.38. The van der Waals surface area contributed by atoms with Gasteiger partial charge in [-0.25, -0.2) is 0 Å². The predicted octanol–water partition coefficient (Wildman–Crippen LogP) is 2.82. The highest BCUT2D eigenvalue weighted by Gasteiger charge is 2.34. The molecule has 5 nitrogen and oxygen atoms in total. The molecule has 22 heavy (non-hydrogen) atoms. The molecule has 0 aliphatic carbocycles. The quantitative estimate of drug-likeness (QED) is 0.940. The second-order valence-electron chi connectivity index (χ2n) is 6.42. The van der Waals surface area contributed by atoms with Crippen LogP contribution in [0, 0.1) is 5.92 Å². The van der Waals surface area contributed by atoms with Gasteiger partial charge in [0, 0.05) is 24.1 Å². The van der Waals surface area contributed by atoms with Crippen LogP contribution in [0.2, 0.25) is 0 Å². The molecule has 2 unspecified atom stereocenters. The van der Waals surface area contributed by atoms with Crippen molar-refractivity contribution in [3.63, 3.8) is 0 Å². The summed E-state index contributed by atoms with van der Waals surface area (Å²) in [5.41, 5.74) is 0.959. The first-order chi connectivity index (χ1) is 10.8. The van der Waals surface area contributed by atoms with Crippen LogP contribution in [0.15, 0.2) is 28.8 Å². The zero-order valence-corrected chi connectivity index (χ0v) is 12.8. The van der Waals surface area contributed by atoms with Crippen LogP contribution in [0.4, 0.5) is 0 Å². The van der Waals surface area contributed by atoms with Gasteiger partial charge in [-0.3, -0.25) is 0 Å². The van der Waals surface area contributed by atoms with E-state index >= 15 is 0 Å². The number of hydrogen-bond acceptors (Lipinski definition) is 5. The summed E-state index contributed by atoms with van der Waals surface area (Å²) in [5, 5.41) is 7.79. The van der Waals surface area contributed by atoms with Crippen molar-refractivity contribution in [3.8, 4) is 17.1 Å². The van der Waals surface area contributed by atoms with Crippen LogP contribution < -0.4 is 10.1 Å². The van der Waals surface area contributed by atoms with E-state index in [-0.39, 0.29) is 0 Å². The number of ether oxygens (including phenoxy) is 1. The van der Waals surface area contributed by atoms with Gasteiger partial charge in [0.1, 0.15) is 5.75 Å². The fourth-order valence-electron chi connectivity index (χ4n) is 3.78. The molecule has 0 radical (unpaired) electrons. The Morgan fingerprint density at radius 3 is 2.59 bits per heavy atom. The monoisotopic (exact) mass is 299 g/mol. The Hall–Kier alpha value is -1.88. The molecule has 2 atom stereocenters. The molecular formula is C17H21N3O2. The molecule has 2 fully saturated rings. The standard InChI is InChI=1S/C17H21N3O2/c1-21-15-6-2-12(3-7-15)17-19-16(22-20-17)10-11-8-13-4-5-14(9-11)18-13/h2-3,6-7,11,13-14,18H,4-5,8-10H2,1H3. The summed E-state index contributed by atoms with van der Waals surface area (Å²) in [6.45, 7) is 0. The molecule has 4 rings (SSSR count). The molecule has 0 saturated carbocycles. The Morgan fingerprint density at radius 1 is 1.18 bits per heavy atom. The molecular weight excluding hydrogens is 278 g/mol. The number of nitrogens with one attached hydrogen (secondary N) is 1. The van der Waals surface area contributed by atoms with Crippen molar-refractivity contribution in [3.05, 3.63) is 30.2 Å². The van der Waals surface area contributed by atoms with Gasteiger partial charge >= 0.3 is 0 Å². The molecule has 2 aromatic rings. The number of methoxy groups -OCH3 is 1. The summed E-state index contributed by atoms with van der Waals surface area (Å²) in [7, 11) is 1.66. The lowest BCUT2D eigenvalue weighted by Gasteiger charge is -2.27. The van der Waals surface area contributed by atoms with E-state index in [1.54, 1.807) is 7.11 Å². The molecule has 1 aromatic carbocycles. The summed E-state index contributed by atoms with van der Waals surface area (Å²) < 4.78 is 10.6. The third kappa shape index (κ3) is 2.73. The smallest absolute Gasteiger partial charge is 0.227 e. The fraction of sp³-hybridized carbons (Fsp3) is 0.529. The second-order valence-corrected chi connectivity index (χ2v) is 6.42. The lowest BCUT2D eigenvalue weighted by molar-refractivity contribution is 0.270. The second kappa shape index (κ2) is 5.72. The van der Waals surface area contributed by atoms with Gasteiger partial charge in [0.15, 0.2) is 0 Å². The Kier molecular flexibility index (Phi) is 3.58. The number of nitrogens with zero attached hydrogens (tertiary/aromatic N) is 2. The van der Waals surface area contributed by atoms with Crippen molar-refractivity contribution in [1.29, 1.82) is 0 Å². The van der Waals surface area contributed by atoms with E-state index in [9.17, 15) is 0 Å². The minimum Gasteiger partial charge on any atom is -0.497 e. The molecule has 5 heteroatoms. The summed E-state index contributed by atoms with van der Waals surface area (Å²) in [6, 6.07) is 9.14. The van der Waals surface area contributed by atoms with Crippen LogP contribution >= 0.6 is 0 Å². The molecule has 2 saturated heterocycles. The van der Waals surface area contributed by atoms with Crippen LogP contribution in [0.1, 0.15) is 31.6 Å². The van der Waals surface area contributed by atoms with Crippen LogP contribution in [0.3, 0.4) is 0 Å². The Bertz CT molecular complexity index is 626. The van der Waals surface area contributed by atoms with E-state index in [4.69, 9.17) is 9.26 Å². The van der Waals surface area contributed by atoms with E-state index < -0.39 is 0 Å². The topological polar surface area (TPSA) is 60.2 Å². The van der Waals surface area contributed by atoms with Gasteiger partial charge in [-0.15, -0.1) is 0 Å². The van der Waals surface area contributed by atoms with Crippen LogP contribution in [-0.4, -0.2) is 29.3 Å². The maximum Gasteiger partial charge on any atom is 0.227 e. The first-order valence-electron chi connectivity index (χ1n) is 8.03. The minimum atomic E-state index is 0.662. The number of fused-ring (bicyclic) bond motifs is 2. The highest BCUT2D eigenvalue weighted by molar-refractivity contribution is 5.55. The average Bonchev–Trinajstić information content (AvgIpc) is 3.14. The molecule has 116 valence electrons.